The Morgan fingerprint density at radius 2 is 2.21 bits per heavy atom. The molecule has 1 rings (SSSR count). The van der Waals surface area contributed by atoms with E-state index in [1.54, 1.807) is 6.92 Å². The van der Waals surface area contributed by atoms with E-state index in [1.165, 1.54) is 11.3 Å². The predicted octanol–water partition coefficient (Wildman–Crippen LogP) is 2.41. The van der Waals surface area contributed by atoms with Crippen LogP contribution in [0.5, 0.6) is 0 Å². The van der Waals surface area contributed by atoms with Gasteiger partial charge in [0.1, 0.15) is 10.9 Å². The van der Waals surface area contributed by atoms with E-state index in [9.17, 15) is 4.79 Å². The van der Waals surface area contributed by atoms with Gasteiger partial charge in [0.25, 0.3) is 0 Å². The van der Waals surface area contributed by atoms with Crippen molar-refractivity contribution in [3.05, 3.63) is 20.9 Å². The van der Waals surface area contributed by atoms with E-state index < -0.39 is 5.97 Å². The van der Waals surface area contributed by atoms with Crippen molar-refractivity contribution in [1.29, 1.82) is 5.26 Å². The van der Waals surface area contributed by atoms with Gasteiger partial charge in [0.2, 0.25) is 0 Å². The molecule has 1 heterocycles. The predicted molar refractivity (Wildman–Crippen MR) is 54.5 cm³/mol. The summed E-state index contributed by atoms with van der Waals surface area (Å²) in [7, 11) is 0. The molecular weight excluding hydrogens is 198 g/mol. The lowest BCUT2D eigenvalue weighted by atomic mass is 10.1. The minimum Gasteiger partial charge on any atom is -0.462 e. The van der Waals surface area contributed by atoms with Gasteiger partial charge in [0, 0.05) is 4.88 Å². The average molecular weight is 209 g/mol. The Morgan fingerprint density at radius 1 is 1.57 bits per heavy atom. The third kappa shape index (κ3) is 1.78. The molecule has 1 aromatic heterocycles. The fourth-order valence-corrected chi connectivity index (χ4v) is 2.10. The van der Waals surface area contributed by atoms with Crippen LogP contribution < -0.4 is 0 Å². The first kappa shape index (κ1) is 10.7. The first-order valence-corrected chi connectivity index (χ1v) is 5.10. The molecule has 1 aromatic rings. The van der Waals surface area contributed by atoms with Gasteiger partial charge in [0.15, 0.2) is 0 Å². The van der Waals surface area contributed by atoms with Gasteiger partial charge in [-0.1, -0.05) is 0 Å². The summed E-state index contributed by atoms with van der Waals surface area (Å²) < 4.78 is 4.88. The molecule has 0 spiro atoms. The fraction of sp³-hybridized carbons (Fsp3) is 0.400. The second-order valence-electron chi connectivity index (χ2n) is 2.82. The zero-order valence-electron chi connectivity index (χ0n) is 8.38. The Labute approximate surface area is 86.9 Å². The highest BCUT2D eigenvalue weighted by Crippen LogP contribution is 2.27. The lowest BCUT2D eigenvalue weighted by Gasteiger charge is -2.00. The van der Waals surface area contributed by atoms with E-state index in [0.29, 0.717) is 17.0 Å². The monoisotopic (exact) mass is 209 g/mol. The van der Waals surface area contributed by atoms with Crippen molar-refractivity contribution in [2.24, 2.45) is 0 Å². The maximum absolute atomic E-state index is 11.5. The van der Waals surface area contributed by atoms with E-state index >= 15 is 0 Å². The summed E-state index contributed by atoms with van der Waals surface area (Å²) in [6, 6.07) is 2.01. The number of hydrogen-bond acceptors (Lipinski definition) is 4. The van der Waals surface area contributed by atoms with E-state index in [2.05, 4.69) is 0 Å². The highest BCUT2D eigenvalue weighted by atomic mass is 32.1. The van der Waals surface area contributed by atoms with Crippen molar-refractivity contribution in [3.63, 3.8) is 0 Å². The van der Waals surface area contributed by atoms with Crippen LogP contribution in [-0.2, 0) is 4.74 Å². The SMILES string of the molecule is CCOC(=O)c1c(C#N)sc(C)c1C. The van der Waals surface area contributed by atoms with Crippen LogP contribution in [0.4, 0.5) is 0 Å². The zero-order chi connectivity index (χ0) is 10.7. The van der Waals surface area contributed by atoms with Crippen molar-refractivity contribution in [3.8, 4) is 6.07 Å². The lowest BCUT2D eigenvalue weighted by molar-refractivity contribution is 0.0526. The van der Waals surface area contributed by atoms with Crippen LogP contribution >= 0.6 is 11.3 Å². The maximum Gasteiger partial charge on any atom is 0.340 e. The molecule has 0 aromatic carbocycles. The molecule has 74 valence electrons. The summed E-state index contributed by atoms with van der Waals surface area (Å²) in [5, 5.41) is 8.83. The molecular formula is C10H11NO2S. The molecule has 0 radical (unpaired) electrons. The molecule has 0 aliphatic heterocycles. The Bertz CT molecular complexity index is 401. The van der Waals surface area contributed by atoms with Gasteiger partial charge in [-0.15, -0.1) is 11.3 Å². The Hall–Kier alpha value is -1.34. The number of aryl methyl sites for hydroxylation is 1. The average Bonchev–Trinajstić information content (AvgIpc) is 2.43. The molecule has 0 unspecified atom stereocenters. The molecule has 0 bridgehead atoms. The Kier molecular flexibility index (Phi) is 3.26. The first-order valence-electron chi connectivity index (χ1n) is 4.29. The van der Waals surface area contributed by atoms with E-state index in [4.69, 9.17) is 10.00 Å². The van der Waals surface area contributed by atoms with Crippen molar-refractivity contribution in [1.82, 2.24) is 0 Å². The second-order valence-corrected chi connectivity index (χ2v) is 4.04. The van der Waals surface area contributed by atoms with Crippen molar-refractivity contribution in [2.45, 2.75) is 20.8 Å². The summed E-state index contributed by atoms with van der Waals surface area (Å²) in [4.78, 5) is 12.9. The molecule has 0 aliphatic carbocycles. The topological polar surface area (TPSA) is 50.1 Å². The zero-order valence-corrected chi connectivity index (χ0v) is 9.20. The minimum atomic E-state index is -0.397. The van der Waals surface area contributed by atoms with E-state index in [0.717, 1.165) is 10.4 Å². The summed E-state index contributed by atoms with van der Waals surface area (Å²) in [5.41, 5.74) is 1.28. The largest absolute Gasteiger partial charge is 0.462 e. The van der Waals surface area contributed by atoms with Crippen molar-refractivity contribution < 1.29 is 9.53 Å². The van der Waals surface area contributed by atoms with E-state index in [1.807, 2.05) is 19.9 Å². The summed E-state index contributed by atoms with van der Waals surface area (Å²) in [5.74, 6) is -0.397. The number of ether oxygens (including phenoxy) is 1. The van der Waals surface area contributed by atoms with Crippen LogP contribution in [-0.4, -0.2) is 12.6 Å². The van der Waals surface area contributed by atoms with Gasteiger partial charge in [-0.2, -0.15) is 5.26 Å². The first-order chi connectivity index (χ1) is 6.61. The number of rotatable bonds is 2. The van der Waals surface area contributed by atoms with Gasteiger partial charge in [-0.05, 0) is 26.3 Å². The highest BCUT2D eigenvalue weighted by molar-refractivity contribution is 7.13. The maximum atomic E-state index is 11.5. The standard InChI is InChI=1S/C10H11NO2S/c1-4-13-10(12)9-6(2)7(3)14-8(9)5-11/h4H2,1-3H3. The van der Waals surface area contributed by atoms with Gasteiger partial charge in [-0.3, -0.25) is 0 Å². The Morgan fingerprint density at radius 3 is 2.71 bits per heavy atom. The molecule has 0 atom stereocenters. The molecule has 0 aliphatic rings. The molecule has 14 heavy (non-hydrogen) atoms. The van der Waals surface area contributed by atoms with Crippen molar-refractivity contribution >= 4 is 17.3 Å². The molecule has 0 amide bonds. The molecule has 4 heteroatoms. The van der Waals surface area contributed by atoms with Crippen LogP contribution in [0.2, 0.25) is 0 Å². The summed E-state index contributed by atoms with van der Waals surface area (Å²) >= 11 is 1.33. The number of hydrogen-bond donors (Lipinski definition) is 0. The van der Waals surface area contributed by atoms with Crippen LogP contribution in [0.25, 0.3) is 0 Å². The van der Waals surface area contributed by atoms with Gasteiger partial charge >= 0.3 is 5.97 Å². The number of carbonyl (C=O) groups excluding carboxylic acids is 1. The number of thiophene rings is 1. The number of nitrogens with zero attached hydrogens (tertiary/aromatic N) is 1. The summed E-state index contributed by atoms with van der Waals surface area (Å²) in [6.07, 6.45) is 0. The normalized spacial score (nSPS) is 9.57. The fourth-order valence-electron chi connectivity index (χ4n) is 1.15. The second kappa shape index (κ2) is 4.25. The van der Waals surface area contributed by atoms with Crippen LogP contribution in [0.1, 0.15) is 32.6 Å². The van der Waals surface area contributed by atoms with Gasteiger partial charge in [-0.25, -0.2) is 4.79 Å². The van der Waals surface area contributed by atoms with Crippen LogP contribution in [0.3, 0.4) is 0 Å². The third-order valence-corrected chi connectivity index (χ3v) is 3.08. The molecule has 0 N–H and O–H groups in total. The molecule has 0 saturated carbocycles. The van der Waals surface area contributed by atoms with E-state index in [-0.39, 0.29) is 0 Å². The number of nitriles is 1. The lowest BCUT2D eigenvalue weighted by Crippen LogP contribution is -2.06. The van der Waals surface area contributed by atoms with Crippen LogP contribution in [0.15, 0.2) is 0 Å². The quantitative estimate of drug-likeness (QED) is 0.703. The highest BCUT2D eigenvalue weighted by Gasteiger charge is 2.19. The molecule has 0 saturated heterocycles. The third-order valence-electron chi connectivity index (χ3n) is 1.97. The molecule has 3 nitrogen and oxygen atoms in total. The van der Waals surface area contributed by atoms with Gasteiger partial charge < -0.3 is 4.74 Å². The minimum absolute atomic E-state index is 0.331. The van der Waals surface area contributed by atoms with Crippen LogP contribution in [0, 0.1) is 25.2 Å². The number of esters is 1. The Balaban J connectivity index is 3.19. The van der Waals surface area contributed by atoms with Gasteiger partial charge in [0.05, 0.1) is 12.2 Å². The van der Waals surface area contributed by atoms with Crippen molar-refractivity contribution in [2.75, 3.05) is 6.61 Å². The summed E-state index contributed by atoms with van der Waals surface area (Å²) in [6.45, 7) is 5.80. The number of carbonyl (C=O) groups is 1. The molecule has 0 fully saturated rings. The smallest absolute Gasteiger partial charge is 0.340 e.